The first-order valence-electron chi connectivity index (χ1n) is 0.167. The standard InChI is InChI=1S/Bi.Mo.O.W. The molecular weight excluding hydrogens is 505 g/mol. The van der Waals surface area contributed by atoms with Crippen LogP contribution in [0.5, 0.6) is 0 Å². The summed E-state index contributed by atoms with van der Waals surface area (Å²) in [5, 5.41) is 0. The zero-order chi connectivity index (χ0) is 2.00. The van der Waals surface area contributed by atoms with Gasteiger partial charge in [-0.1, -0.05) is 0 Å². The van der Waals surface area contributed by atoms with E-state index in [1.165, 1.54) is 0 Å². The zero-order valence-corrected chi connectivity index (χ0v) is 10.1. The molecule has 0 aromatic rings. The van der Waals surface area contributed by atoms with Crippen molar-refractivity contribution in [1.82, 2.24) is 0 Å². The van der Waals surface area contributed by atoms with Gasteiger partial charge in [0.15, 0.2) is 0 Å². The summed E-state index contributed by atoms with van der Waals surface area (Å²) >= 11 is 0.333. The minimum absolute atomic E-state index is 0. The van der Waals surface area contributed by atoms with Crippen LogP contribution in [0.15, 0.2) is 0 Å². The Labute approximate surface area is 69.5 Å². The molecular formula is BiMoOW. The van der Waals surface area contributed by atoms with Gasteiger partial charge >= 0.3 is 23.2 Å². The fourth-order valence-electron chi connectivity index (χ4n) is 0. The monoisotopic (exact) mass is 507 g/mol. The minimum atomic E-state index is 0. The van der Waals surface area contributed by atoms with Crippen LogP contribution >= 0.6 is 0 Å². The van der Waals surface area contributed by atoms with Gasteiger partial charge in [0, 0.05) is 47.3 Å². The molecule has 0 fully saturated rings. The van der Waals surface area contributed by atoms with Crippen LogP contribution in [0, 0.1) is 0 Å². The fourth-order valence-corrected chi connectivity index (χ4v) is 0. The zero-order valence-electron chi connectivity index (χ0n) is 1.67. The Bertz CT molecular complexity index is 8.00. The summed E-state index contributed by atoms with van der Waals surface area (Å²) in [6, 6.07) is 0. The summed E-state index contributed by atoms with van der Waals surface area (Å²) in [4.78, 5) is 0. The second-order valence-electron chi connectivity index (χ2n) is 0. The number of hydrogen-bond donors (Lipinski definition) is 0. The van der Waals surface area contributed by atoms with Gasteiger partial charge in [0.2, 0.25) is 0 Å². The Kier molecular flexibility index (Phi) is 81.4. The van der Waals surface area contributed by atoms with Gasteiger partial charge in [-0.2, -0.15) is 0 Å². The van der Waals surface area contributed by atoms with Gasteiger partial charge < -0.3 is 0 Å². The van der Waals surface area contributed by atoms with E-state index in [0.717, 1.165) is 0 Å². The Morgan fingerprint density at radius 2 is 1.25 bits per heavy atom. The number of hydrogen-bond acceptors (Lipinski definition) is 1. The van der Waals surface area contributed by atoms with Crippen molar-refractivity contribution >= 4 is 26.2 Å². The van der Waals surface area contributed by atoms with Crippen molar-refractivity contribution in [2.45, 2.75) is 0 Å². The van der Waals surface area contributed by atoms with Crippen LogP contribution in [-0.2, 0) is 44.2 Å². The second-order valence-corrected chi connectivity index (χ2v) is 0. The van der Waals surface area contributed by atoms with Crippen molar-refractivity contribution in [3.63, 3.8) is 0 Å². The SMILES string of the molecule is [Bi].[Mo].[O]=[W]. The first-order valence-corrected chi connectivity index (χ1v) is 1.36. The van der Waals surface area contributed by atoms with E-state index in [-0.39, 0.29) is 47.3 Å². The molecule has 0 aliphatic rings. The molecule has 0 amide bonds. The summed E-state index contributed by atoms with van der Waals surface area (Å²) in [5.74, 6) is 0. The maximum absolute atomic E-state index is 8.33. The molecule has 0 aliphatic carbocycles. The predicted octanol–water partition coefficient (Wildman–Crippen LogP) is -0.505. The first kappa shape index (κ1) is 16.6. The van der Waals surface area contributed by atoms with Gasteiger partial charge in [-0.3, -0.25) is 0 Å². The normalized spacial score (nSPS) is 1.00. The average Bonchev–Trinajstić information content (AvgIpc) is 1.00. The van der Waals surface area contributed by atoms with Gasteiger partial charge in [-0.25, -0.2) is 0 Å². The van der Waals surface area contributed by atoms with Crippen LogP contribution in [-0.4, -0.2) is 26.2 Å². The van der Waals surface area contributed by atoms with Gasteiger partial charge in [-0.15, -0.1) is 0 Å². The van der Waals surface area contributed by atoms with Crippen LogP contribution in [0.25, 0.3) is 0 Å². The molecule has 0 atom stereocenters. The van der Waals surface area contributed by atoms with Crippen molar-refractivity contribution in [2.24, 2.45) is 0 Å². The third-order valence-electron chi connectivity index (χ3n) is 0. The third-order valence-corrected chi connectivity index (χ3v) is 0. The molecule has 0 unspecified atom stereocenters. The van der Waals surface area contributed by atoms with Crippen LogP contribution in [0.2, 0.25) is 0 Å². The Morgan fingerprint density at radius 1 is 1.25 bits per heavy atom. The summed E-state index contributed by atoms with van der Waals surface area (Å²) in [7, 11) is 0. The van der Waals surface area contributed by atoms with Gasteiger partial charge in [0.05, 0.1) is 0 Å². The van der Waals surface area contributed by atoms with E-state index >= 15 is 0 Å². The van der Waals surface area contributed by atoms with Gasteiger partial charge in [0.1, 0.15) is 0 Å². The van der Waals surface area contributed by atoms with E-state index in [2.05, 4.69) is 0 Å². The number of rotatable bonds is 0. The van der Waals surface area contributed by atoms with Crippen LogP contribution in [0.3, 0.4) is 0 Å². The van der Waals surface area contributed by atoms with Crippen LogP contribution in [0.4, 0.5) is 0 Å². The molecule has 0 rings (SSSR count). The van der Waals surface area contributed by atoms with Crippen molar-refractivity contribution in [3.8, 4) is 0 Å². The third kappa shape index (κ3) is 8.96. The maximum atomic E-state index is 8.33. The molecule has 0 saturated carbocycles. The predicted molar refractivity (Wildman–Crippen MR) is 6.44 cm³/mol. The molecule has 0 aliphatic heterocycles. The van der Waals surface area contributed by atoms with Crippen molar-refractivity contribution in [1.29, 1.82) is 0 Å². The average molecular weight is 505 g/mol. The van der Waals surface area contributed by atoms with Crippen molar-refractivity contribution in [3.05, 3.63) is 0 Å². The van der Waals surface area contributed by atoms with Crippen LogP contribution < -0.4 is 0 Å². The Morgan fingerprint density at radius 3 is 1.25 bits per heavy atom. The molecule has 0 bridgehead atoms. The van der Waals surface area contributed by atoms with E-state index in [4.69, 9.17) is 3.40 Å². The quantitative estimate of drug-likeness (QED) is 0.407. The first-order chi connectivity index (χ1) is 1.00. The summed E-state index contributed by atoms with van der Waals surface area (Å²) in [5.41, 5.74) is 0. The molecule has 0 aromatic heterocycles. The second kappa shape index (κ2) is 19.7. The van der Waals surface area contributed by atoms with E-state index in [0.29, 0.717) is 19.8 Å². The summed E-state index contributed by atoms with van der Waals surface area (Å²) in [6.45, 7) is 0. The Balaban J connectivity index is -0.00000000500. The molecule has 3 radical (unpaired) electrons. The molecule has 0 N–H and O–H groups in total. The van der Waals surface area contributed by atoms with Crippen molar-refractivity contribution in [2.75, 3.05) is 0 Å². The molecule has 1 nitrogen and oxygen atoms in total. The molecule has 0 aromatic carbocycles. The summed E-state index contributed by atoms with van der Waals surface area (Å²) in [6.07, 6.45) is 0. The molecule has 4 heavy (non-hydrogen) atoms. The van der Waals surface area contributed by atoms with Gasteiger partial charge in [-0.05, 0) is 0 Å². The van der Waals surface area contributed by atoms with Gasteiger partial charge in [0.25, 0.3) is 0 Å². The van der Waals surface area contributed by atoms with E-state index in [1.54, 1.807) is 0 Å². The summed E-state index contributed by atoms with van der Waals surface area (Å²) < 4.78 is 8.33. The van der Waals surface area contributed by atoms with Crippen LogP contribution in [0.1, 0.15) is 0 Å². The van der Waals surface area contributed by atoms with E-state index in [1.807, 2.05) is 0 Å². The molecule has 0 heterocycles. The molecule has 0 spiro atoms. The molecule has 4 heteroatoms. The molecule has 0 saturated heterocycles. The van der Waals surface area contributed by atoms with Crippen molar-refractivity contribution < 1.29 is 44.2 Å². The Hall–Kier alpha value is 2.06. The fraction of sp³-hybridized carbons (Fsp3) is 0. The van der Waals surface area contributed by atoms with E-state index < -0.39 is 0 Å². The molecule has 23 valence electrons. The topological polar surface area (TPSA) is 17.1 Å². The van der Waals surface area contributed by atoms with E-state index in [9.17, 15) is 0 Å².